The maximum atomic E-state index is 5.76. The molecule has 0 radical (unpaired) electrons. The van der Waals surface area contributed by atoms with Crippen LogP contribution >= 0.6 is 0 Å². The molecule has 2 heterocycles. The zero-order valence-electron chi connectivity index (χ0n) is 8.04. The highest BCUT2D eigenvalue weighted by molar-refractivity contribution is 4.96. The predicted molar refractivity (Wildman–Crippen MR) is 50.7 cm³/mol. The Morgan fingerprint density at radius 3 is 2.62 bits per heavy atom. The first-order valence-corrected chi connectivity index (χ1v) is 5.50. The molecule has 0 spiro atoms. The third kappa shape index (κ3) is 1.39. The number of hydrogen-bond donors (Lipinski definition) is 1. The number of rotatable bonds is 1. The third-order valence-electron chi connectivity index (χ3n) is 3.74. The lowest BCUT2D eigenvalue weighted by Gasteiger charge is -2.37. The van der Waals surface area contributed by atoms with Gasteiger partial charge in [-0.05, 0) is 18.8 Å². The molecule has 1 saturated carbocycles. The van der Waals surface area contributed by atoms with E-state index in [1.54, 1.807) is 0 Å². The average Bonchev–Trinajstić information content (AvgIpc) is 2.80. The first-order valence-electron chi connectivity index (χ1n) is 5.50. The predicted octanol–water partition coefficient (Wildman–Crippen LogP) is 0.0690. The van der Waals surface area contributed by atoms with Crippen LogP contribution < -0.4 is 5.32 Å². The summed E-state index contributed by atoms with van der Waals surface area (Å²) in [7, 11) is 0. The molecule has 1 N–H and O–H groups in total. The molecular weight excluding hydrogens is 164 g/mol. The van der Waals surface area contributed by atoms with E-state index in [1.807, 2.05) is 0 Å². The quantitative estimate of drug-likeness (QED) is 0.621. The van der Waals surface area contributed by atoms with Gasteiger partial charge in [0.1, 0.15) is 0 Å². The van der Waals surface area contributed by atoms with Gasteiger partial charge in [-0.1, -0.05) is 0 Å². The van der Waals surface area contributed by atoms with E-state index in [4.69, 9.17) is 4.74 Å². The lowest BCUT2D eigenvalue weighted by atomic mass is 10.1. The maximum absolute atomic E-state index is 5.76. The van der Waals surface area contributed by atoms with Crippen molar-refractivity contribution < 1.29 is 4.74 Å². The number of fused-ring (bicyclic) bond motifs is 2. The van der Waals surface area contributed by atoms with Gasteiger partial charge in [0.05, 0.1) is 6.10 Å². The maximum Gasteiger partial charge on any atom is 0.0734 e. The Balaban J connectivity index is 1.65. The van der Waals surface area contributed by atoms with E-state index in [0.29, 0.717) is 6.10 Å². The van der Waals surface area contributed by atoms with Crippen molar-refractivity contribution in [3.8, 4) is 0 Å². The van der Waals surface area contributed by atoms with Crippen molar-refractivity contribution in [2.45, 2.75) is 25.0 Å². The average molecular weight is 182 g/mol. The molecule has 3 unspecified atom stereocenters. The second-order valence-corrected chi connectivity index (χ2v) is 4.56. The Hall–Kier alpha value is -0.120. The fourth-order valence-corrected chi connectivity index (χ4v) is 3.05. The highest BCUT2D eigenvalue weighted by Crippen LogP contribution is 2.38. The van der Waals surface area contributed by atoms with E-state index in [1.165, 1.54) is 25.9 Å². The van der Waals surface area contributed by atoms with Gasteiger partial charge in [0, 0.05) is 38.8 Å². The number of ether oxygens (including phenoxy) is 1. The van der Waals surface area contributed by atoms with Gasteiger partial charge in [0.2, 0.25) is 0 Å². The summed E-state index contributed by atoms with van der Waals surface area (Å²) in [5.74, 6) is 0.880. The summed E-state index contributed by atoms with van der Waals surface area (Å²) in [4.78, 5) is 2.63. The topological polar surface area (TPSA) is 24.5 Å². The molecule has 0 aromatic rings. The zero-order valence-corrected chi connectivity index (χ0v) is 8.04. The van der Waals surface area contributed by atoms with Crippen LogP contribution in [0.15, 0.2) is 0 Å². The first-order chi connectivity index (χ1) is 6.43. The summed E-state index contributed by atoms with van der Waals surface area (Å²) in [6.07, 6.45) is 3.29. The van der Waals surface area contributed by atoms with E-state index in [-0.39, 0.29) is 0 Å². The fourth-order valence-electron chi connectivity index (χ4n) is 3.05. The van der Waals surface area contributed by atoms with Crippen LogP contribution in [0.2, 0.25) is 0 Å². The molecule has 2 bridgehead atoms. The molecule has 3 nitrogen and oxygen atoms in total. The minimum atomic E-state index is 0.572. The molecule has 0 aromatic carbocycles. The Labute approximate surface area is 79.4 Å². The number of nitrogens with one attached hydrogen (secondary N) is 1. The van der Waals surface area contributed by atoms with E-state index in [2.05, 4.69) is 10.2 Å². The van der Waals surface area contributed by atoms with Crippen LogP contribution in [0, 0.1) is 5.92 Å². The standard InChI is InChI=1S/C10H18N2O/c1-3-12(4-2-11-1)9-5-8-6-10(9)13-7-8/h8-11H,1-7H2. The van der Waals surface area contributed by atoms with Gasteiger partial charge in [-0.2, -0.15) is 0 Å². The summed E-state index contributed by atoms with van der Waals surface area (Å²) >= 11 is 0. The number of hydrogen-bond acceptors (Lipinski definition) is 3. The van der Waals surface area contributed by atoms with Crippen LogP contribution in [0.5, 0.6) is 0 Å². The monoisotopic (exact) mass is 182 g/mol. The van der Waals surface area contributed by atoms with Crippen molar-refractivity contribution in [3.05, 3.63) is 0 Å². The van der Waals surface area contributed by atoms with Gasteiger partial charge in [-0.25, -0.2) is 0 Å². The minimum absolute atomic E-state index is 0.572. The molecule has 3 rings (SSSR count). The van der Waals surface area contributed by atoms with E-state index >= 15 is 0 Å². The molecule has 3 aliphatic rings. The highest BCUT2D eigenvalue weighted by Gasteiger charge is 2.43. The third-order valence-corrected chi connectivity index (χ3v) is 3.74. The van der Waals surface area contributed by atoms with Gasteiger partial charge in [-0.3, -0.25) is 4.90 Å². The second-order valence-electron chi connectivity index (χ2n) is 4.56. The fraction of sp³-hybridized carbons (Fsp3) is 1.00. The SMILES string of the molecule is C1CN(C2CC3COC2C3)CCN1. The Morgan fingerprint density at radius 1 is 1.15 bits per heavy atom. The van der Waals surface area contributed by atoms with Crippen molar-refractivity contribution >= 4 is 0 Å². The molecule has 74 valence electrons. The summed E-state index contributed by atoms with van der Waals surface area (Å²) < 4.78 is 5.76. The lowest BCUT2D eigenvalue weighted by Crippen LogP contribution is -2.51. The van der Waals surface area contributed by atoms with Gasteiger partial charge >= 0.3 is 0 Å². The molecule has 2 saturated heterocycles. The van der Waals surface area contributed by atoms with Gasteiger partial charge in [-0.15, -0.1) is 0 Å². The Kier molecular flexibility index (Phi) is 2.04. The molecule has 2 aliphatic heterocycles. The van der Waals surface area contributed by atoms with Crippen molar-refractivity contribution in [3.63, 3.8) is 0 Å². The largest absolute Gasteiger partial charge is 0.376 e. The van der Waals surface area contributed by atoms with Crippen LogP contribution in [0.25, 0.3) is 0 Å². The molecule has 13 heavy (non-hydrogen) atoms. The van der Waals surface area contributed by atoms with E-state index in [0.717, 1.165) is 31.7 Å². The van der Waals surface area contributed by atoms with Crippen LogP contribution in [0.4, 0.5) is 0 Å². The highest BCUT2D eigenvalue weighted by atomic mass is 16.5. The normalized spacial score (nSPS) is 45.7. The Morgan fingerprint density at radius 2 is 2.00 bits per heavy atom. The Bertz CT molecular complexity index is 191. The van der Waals surface area contributed by atoms with Crippen LogP contribution in [0.1, 0.15) is 12.8 Å². The first kappa shape index (κ1) is 8.21. The summed E-state index contributed by atoms with van der Waals surface area (Å²) in [6.45, 7) is 5.80. The van der Waals surface area contributed by atoms with Gasteiger partial charge < -0.3 is 10.1 Å². The van der Waals surface area contributed by atoms with Crippen molar-refractivity contribution in [2.75, 3.05) is 32.8 Å². The van der Waals surface area contributed by atoms with Crippen molar-refractivity contribution in [1.29, 1.82) is 0 Å². The van der Waals surface area contributed by atoms with E-state index < -0.39 is 0 Å². The molecule has 3 atom stereocenters. The van der Waals surface area contributed by atoms with Gasteiger partial charge in [0.25, 0.3) is 0 Å². The number of nitrogens with zero attached hydrogens (tertiary/aromatic N) is 1. The molecule has 0 amide bonds. The van der Waals surface area contributed by atoms with Crippen LogP contribution in [-0.2, 0) is 4.74 Å². The zero-order chi connectivity index (χ0) is 8.67. The van der Waals surface area contributed by atoms with Crippen LogP contribution in [-0.4, -0.2) is 49.8 Å². The molecular formula is C10H18N2O. The second kappa shape index (κ2) is 3.23. The lowest BCUT2D eigenvalue weighted by molar-refractivity contribution is -0.00356. The van der Waals surface area contributed by atoms with E-state index in [9.17, 15) is 0 Å². The summed E-state index contributed by atoms with van der Waals surface area (Å²) in [6, 6.07) is 0.751. The molecule has 0 aromatic heterocycles. The van der Waals surface area contributed by atoms with Crippen LogP contribution in [0.3, 0.4) is 0 Å². The molecule has 1 aliphatic carbocycles. The minimum Gasteiger partial charge on any atom is -0.376 e. The summed E-state index contributed by atoms with van der Waals surface area (Å²) in [5.41, 5.74) is 0. The number of piperazine rings is 1. The smallest absolute Gasteiger partial charge is 0.0734 e. The molecule has 3 heteroatoms. The van der Waals surface area contributed by atoms with Crippen molar-refractivity contribution in [1.82, 2.24) is 10.2 Å². The van der Waals surface area contributed by atoms with Crippen molar-refractivity contribution in [2.24, 2.45) is 5.92 Å². The van der Waals surface area contributed by atoms with Gasteiger partial charge in [0.15, 0.2) is 0 Å². The summed E-state index contributed by atoms with van der Waals surface area (Å²) in [5, 5.41) is 3.40. The molecule has 3 fully saturated rings.